The number of benzene rings is 1. The Balaban J connectivity index is 1.54. The fourth-order valence-corrected chi connectivity index (χ4v) is 3.52. The van der Waals surface area contributed by atoms with Gasteiger partial charge >= 0.3 is 6.18 Å². The smallest absolute Gasteiger partial charge is 0.355 e. The molecule has 0 aliphatic carbocycles. The van der Waals surface area contributed by atoms with Gasteiger partial charge in [0.1, 0.15) is 0 Å². The molecule has 1 amide bonds. The molecule has 28 heavy (non-hydrogen) atoms. The molecule has 0 aliphatic heterocycles. The Kier molecular flexibility index (Phi) is 6.46. The maximum atomic E-state index is 13.0. The van der Waals surface area contributed by atoms with Crippen molar-refractivity contribution >= 4 is 34.9 Å². The van der Waals surface area contributed by atoms with Crippen LogP contribution in [0.3, 0.4) is 0 Å². The van der Waals surface area contributed by atoms with Crippen molar-refractivity contribution in [3.05, 3.63) is 58.7 Å². The summed E-state index contributed by atoms with van der Waals surface area (Å²) >= 11 is 6.87. The predicted molar refractivity (Wildman–Crippen MR) is 101 cm³/mol. The zero-order valence-electron chi connectivity index (χ0n) is 14.5. The van der Waals surface area contributed by atoms with E-state index in [9.17, 15) is 18.0 Å². The molecule has 1 N–H and O–H groups in total. The van der Waals surface area contributed by atoms with Gasteiger partial charge in [-0.3, -0.25) is 9.20 Å². The van der Waals surface area contributed by atoms with Crippen molar-refractivity contribution in [1.82, 2.24) is 19.9 Å². The zero-order valence-corrected chi connectivity index (χ0v) is 16.1. The lowest BCUT2D eigenvalue weighted by Crippen LogP contribution is -2.26. The second-order valence-corrected chi connectivity index (χ2v) is 7.33. The normalized spacial score (nSPS) is 11.7. The Labute approximate surface area is 168 Å². The second-order valence-electron chi connectivity index (χ2n) is 5.98. The molecule has 0 bridgehead atoms. The molecule has 0 spiro atoms. The maximum Gasteiger partial charge on any atom is 0.417 e. The first-order valence-corrected chi connectivity index (χ1v) is 9.76. The van der Waals surface area contributed by atoms with E-state index in [1.54, 1.807) is 0 Å². The van der Waals surface area contributed by atoms with Crippen molar-refractivity contribution in [3.8, 4) is 0 Å². The Morgan fingerprint density at radius 1 is 1.21 bits per heavy atom. The average Bonchev–Trinajstić information content (AvgIpc) is 3.07. The highest BCUT2D eigenvalue weighted by Crippen LogP contribution is 2.33. The number of pyridine rings is 1. The topological polar surface area (TPSA) is 59.3 Å². The summed E-state index contributed by atoms with van der Waals surface area (Å²) < 4.78 is 40.0. The average molecular weight is 429 g/mol. The molecule has 148 valence electrons. The van der Waals surface area contributed by atoms with Crippen molar-refractivity contribution in [1.29, 1.82) is 0 Å². The lowest BCUT2D eigenvalue weighted by molar-refractivity contribution is -0.137. The molecule has 0 unspecified atom stereocenters. The van der Waals surface area contributed by atoms with Gasteiger partial charge in [0.05, 0.1) is 16.3 Å². The molecule has 0 saturated carbocycles. The molecular weight excluding hydrogens is 413 g/mol. The number of amides is 1. The Morgan fingerprint density at radius 2 is 1.96 bits per heavy atom. The molecule has 2 heterocycles. The standard InChI is InChI=1S/C18H16ClF3N4OS/c19-14-9-13(18(20,21)22)10-26-16(14)24-25-17(26)28-11-15(27)23-8-4-7-12-5-2-1-3-6-12/h1-3,5-6,9-10H,4,7-8,11H2,(H,23,27). The molecule has 0 saturated heterocycles. The van der Waals surface area contributed by atoms with Crippen LogP contribution in [0, 0.1) is 0 Å². The van der Waals surface area contributed by atoms with E-state index in [-0.39, 0.29) is 27.5 Å². The summed E-state index contributed by atoms with van der Waals surface area (Å²) in [6.45, 7) is 0.513. The first kappa shape index (κ1) is 20.5. The van der Waals surface area contributed by atoms with Gasteiger partial charge in [0.2, 0.25) is 5.91 Å². The van der Waals surface area contributed by atoms with Gasteiger partial charge in [-0.15, -0.1) is 10.2 Å². The first-order valence-electron chi connectivity index (χ1n) is 8.39. The number of carbonyl (C=O) groups is 1. The van der Waals surface area contributed by atoms with Crippen LogP contribution in [0.4, 0.5) is 13.2 Å². The van der Waals surface area contributed by atoms with Crippen molar-refractivity contribution < 1.29 is 18.0 Å². The van der Waals surface area contributed by atoms with E-state index in [1.165, 1.54) is 5.56 Å². The molecule has 3 rings (SSSR count). The molecule has 3 aromatic rings. The summed E-state index contributed by atoms with van der Waals surface area (Å²) in [4.78, 5) is 12.0. The number of aryl methyl sites for hydroxylation is 1. The number of hydrogen-bond donors (Lipinski definition) is 1. The summed E-state index contributed by atoms with van der Waals surface area (Å²) in [7, 11) is 0. The largest absolute Gasteiger partial charge is 0.417 e. The van der Waals surface area contributed by atoms with Gasteiger partial charge in [-0.1, -0.05) is 53.7 Å². The molecule has 0 atom stereocenters. The number of halogens is 4. The van der Waals surface area contributed by atoms with Crippen LogP contribution in [0.5, 0.6) is 0 Å². The molecule has 0 radical (unpaired) electrons. The Morgan fingerprint density at radius 3 is 2.68 bits per heavy atom. The molecule has 0 aliphatic rings. The fourth-order valence-electron chi connectivity index (χ4n) is 2.53. The minimum atomic E-state index is -4.54. The van der Waals surface area contributed by atoms with Gasteiger partial charge < -0.3 is 5.32 Å². The van der Waals surface area contributed by atoms with Crippen LogP contribution < -0.4 is 5.32 Å². The third-order valence-corrected chi connectivity index (χ3v) is 5.12. The van der Waals surface area contributed by atoms with E-state index in [2.05, 4.69) is 15.5 Å². The van der Waals surface area contributed by atoms with Crippen molar-refractivity contribution in [2.45, 2.75) is 24.2 Å². The van der Waals surface area contributed by atoms with E-state index in [4.69, 9.17) is 11.6 Å². The number of alkyl halides is 3. The van der Waals surface area contributed by atoms with E-state index in [0.717, 1.165) is 41.3 Å². The first-order chi connectivity index (χ1) is 13.3. The summed E-state index contributed by atoms with van der Waals surface area (Å²) in [5.41, 5.74) is 0.399. The molecule has 2 aromatic heterocycles. The highest BCUT2D eigenvalue weighted by Gasteiger charge is 2.32. The van der Waals surface area contributed by atoms with Crippen LogP contribution in [-0.2, 0) is 17.4 Å². The number of hydrogen-bond acceptors (Lipinski definition) is 4. The van der Waals surface area contributed by atoms with Crippen LogP contribution in [0.15, 0.2) is 47.8 Å². The van der Waals surface area contributed by atoms with Gasteiger partial charge in [0.25, 0.3) is 0 Å². The molecule has 5 nitrogen and oxygen atoms in total. The van der Waals surface area contributed by atoms with Gasteiger partial charge in [0, 0.05) is 12.7 Å². The Hall–Kier alpha value is -2.26. The van der Waals surface area contributed by atoms with Crippen LogP contribution in [0.2, 0.25) is 5.02 Å². The number of fused-ring (bicyclic) bond motifs is 1. The summed E-state index contributed by atoms with van der Waals surface area (Å²) in [5.74, 6) is -0.215. The van der Waals surface area contributed by atoms with Crippen LogP contribution in [0.25, 0.3) is 5.65 Å². The molecule has 1 aromatic carbocycles. The molecule has 10 heteroatoms. The monoisotopic (exact) mass is 428 g/mol. The minimum Gasteiger partial charge on any atom is -0.355 e. The lowest BCUT2D eigenvalue weighted by Gasteiger charge is -2.09. The summed E-state index contributed by atoms with van der Waals surface area (Å²) in [5, 5.41) is 10.4. The highest BCUT2D eigenvalue weighted by atomic mass is 35.5. The number of rotatable bonds is 7. The third kappa shape index (κ3) is 5.17. The maximum absolute atomic E-state index is 13.0. The highest BCUT2D eigenvalue weighted by molar-refractivity contribution is 7.99. The summed E-state index contributed by atoms with van der Waals surface area (Å²) in [6, 6.07) is 10.7. The van der Waals surface area contributed by atoms with E-state index < -0.39 is 11.7 Å². The number of aromatic nitrogens is 3. The van der Waals surface area contributed by atoms with Gasteiger partial charge in [0.15, 0.2) is 10.8 Å². The van der Waals surface area contributed by atoms with Crippen LogP contribution >= 0.6 is 23.4 Å². The quantitative estimate of drug-likeness (QED) is 0.451. The Bertz CT molecular complexity index is 963. The predicted octanol–water partition coefficient (Wildman–Crippen LogP) is 4.24. The number of thioether (sulfide) groups is 1. The van der Waals surface area contributed by atoms with E-state index >= 15 is 0 Å². The molecular formula is C18H16ClF3N4OS. The third-order valence-electron chi connectivity index (χ3n) is 3.90. The van der Waals surface area contributed by atoms with Crippen molar-refractivity contribution in [2.24, 2.45) is 0 Å². The van der Waals surface area contributed by atoms with Gasteiger partial charge in [-0.05, 0) is 24.5 Å². The van der Waals surface area contributed by atoms with E-state index in [1.807, 2.05) is 30.3 Å². The minimum absolute atomic E-state index is 0.0139. The SMILES string of the molecule is O=C(CSc1nnc2c(Cl)cc(C(F)(F)F)cn12)NCCCc1ccccc1. The number of nitrogens with one attached hydrogen (secondary N) is 1. The van der Waals surface area contributed by atoms with Crippen molar-refractivity contribution in [3.63, 3.8) is 0 Å². The molecule has 0 fully saturated rings. The van der Waals surface area contributed by atoms with Crippen molar-refractivity contribution in [2.75, 3.05) is 12.3 Å². The van der Waals surface area contributed by atoms with Crippen LogP contribution in [0.1, 0.15) is 17.5 Å². The second kappa shape index (κ2) is 8.83. The number of nitrogens with zero attached hydrogens (tertiary/aromatic N) is 3. The summed E-state index contributed by atoms with van der Waals surface area (Å²) in [6.07, 6.45) is -2.03. The lowest BCUT2D eigenvalue weighted by atomic mass is 10.1. The number of carbonyl (C=O) groups excluding carboxylic acids is 1. The zero-order chi connectivity index (χ0) is 20.1. The van der Waals surface area contributed by atoms with Crippen LogP contribution in [-0.4, -0.2) is 32.8 Å². The fraction of sp³-hybridized carbons (Fsp3) is 0.278. The van der Waals surface area contributed by atoms with Gasteiger partial charge in [-0.2, -0.15) is 13.2 Å². The van der Waals surface area contributed by atoms with Gasteiger partial charge in [-0.25, -0.2) is 0 Å². The van der Waals surface area contributed by atoms with E-state index in [0.29, 0.717) is 6.54 Å².